The van der Waals surface area contributed by atoms with Gasteiger partial charge in [0, 0.05) is 12.2 Å². The second kappa shape index (κ2) is 32.8. The molecule has 0 aliphatic heterocycles. The van der Waals surface area contributed by atoms with E-state index < -0.39 is 119 Å². The van der Waals surface area contributed by atoms with Gasteiger partial charge in [-0.2, -0.15) is 12.6 Å². The number of carbonyl (C=O) groups is 9. The van der Waals surface area contributed by atoms with Crippen molar-refractivity contribution in [2.24, 2.45) is 47.2 Å². The predicted molar refractivity (Wildman–Crippen MR) is 287 cm³/mol. The highest BCUT2D eigenvalue weighted by Gasteiger charge is 2.37. The van der Waals surface area contributed by atoms with Gasteiger partial charge in [0.05, 0.1) is 6.04 Å². The molecule has 0 spiro atoms. The summed E-state index contributed by atoms with van der Waals surface area (Å²) in [6.07, 6.45) is 1.57. The van der Waals surface area contributed by atoms with Crippen molar-refractivity contribution in [2.75, 3.05) is 5.75 Å². The summed E-state index contributed by atoms with van der Waals surface area (Å²) in [4.78, 5) is 123. The molecule has 20 heteroatoms. The maximum atomic E-state index is 14.5. The molecule has 0 heterocycles. The second-order valence-corrected chi connectivity index (χ2v) is 22.3. The van der Waals surface area contributed by atoms with E-state index in [1.54, 1.807) is 51.1 Å². The van der Waals surface area contributed by atoms with Gasteiger partial charge >= 0.3 is 5.97 Å². The number of nitrogens with one attached hydrogen (secondary N) is 8. The quantitative estimate of drug-likeness (QED) is 0.0454. The van der Waals surface area contributed by atoms with E-state index in [-0.39, 0.29) is 67.4 Å². The molecule has 0 aliphatic rings. The molecule has 73 heavy (non-hydrogen) atoms. The first kappa shape index (κ1) is 65.8. The van der Waals surface area contributed by atoms with Crippen LogP contribution in [0.15, 0.2) is 30.3 Å². The van der Waals surface area contributed by atoms with Crippen LogP contribution in [0.4, 0.5) is 0 Å². The molecule has 0 bridgehead atoms. The van der Waals surface area contributed by atoms with Crippen LogP contribution in [0.1, 0.15) is 141 Å². The van der Waals surface area contributed by atoms with E-state index >= 15 is 0 Å². The molecule has 0 unspecified atom stereocenters. The molecule has 0 aliphatic carbocycles. The summed E-state index contributed by atoms with van der Waals surface area (Å²) < 4.78 is 0. The molecular formula is C53H91N9O10S. The Labute approximate surface area is 440 Å². The molecule has 8 amide bonds. The van der Waals surface area contributed by atoms with Crippen molar-refractivity contribution in [1.82, 2.24) is 42.5 Å². The van der Waals surface area contributed by atoms with E-state index in [0.29, 0.717) is 18.4 Å². The molecule has 0 saturated carbocycles. The number of thiol groups is 1. The third-order valence-corrected chi connectivity index (χ3v) is 12.5. The molecular weight excluding hydrogens is 955 g/mol. The Morgan fingerprint density at radius 2 is 0.781 bits per heavy atom. The first-order chi connectivity index (χ1) is 34.0. The number of benzene rings is 1. The fourth-order valence-corrected chi connectivity index (χ4v) is 8.29. The fourth-order valence-electron chi connectivity index (χ4n) is 8.03. The summed E-state index contributed by atoms with van der Waals surface area (Å²) in [6, 6.07) is -1.28. The summed E-state index contributed by atoms with van der Waals surface area (Å²) in [5.74, 6) is -7.73. The Kier molecular flexibility index (Phi) is 29.6. The van der Waals surface area contributed by atoms with Crippen LogP contribution in [0, 0.1) is 41.4 Å². The lowest BCUT2D eigenvalue weighted by atomic mass is 9.95. The molecule has 10 atom stereocenters. The number of amides is 8. The Morgan fingerprint density at radius 3 is 1.14 bits per heavy atom. The van der Waals surface area contributed by atoms with Crippen molar-refractivity contribution in [1.29, 1.82) is 0 Å². The maximum Gasteiger partial charge on any atom is 0.326 e. The second-order valence-electron chi connectivity index (χ2n) is 21.9. The highest BCUT2D eigenvalue weighted by Crippen LogP contribution is 2.16. The standard InChI is InChI=1S/C53H91N9O10S/c1-15-34(14)44(62-50(68)40(25-32(10)11)58-51(69)42(27-73)60-47(65)37(22-29(4)5)55-45(63)36(54)21-28(2)3)52(70)59-41(26-35-19-17-16-18-20-35)48(66)56-38(23-30(6)7)46(64)57-39(24-31(8)9)49(67)61-43(33(12)13)53(71)72/h16-20,28-34,36-44,73H,15,21-27,54H2,1-14H3,(H,55,63)(H,56,66)(H,57,64)(H,58,69)(H,59,70)(H,60,65)(H,61,67)(H,62,68)(H,71,72)/t34-,36-,37-,38-,39-,40-,41-,42-,43-,44-/m0/s1. The predicted octanol–water partition coefficient (Wildman–Crippen LogP) is 3.38. The summed E-state index contributed by atoms with van der Waals surface area (Å²) in [5, 5.41) is 31.7. The minimum absolute atomic E-state index is 0.00488. The van der Waals surface area contributed by atoms with Crippen LogP contribution in [0.3, 0.4) is 0 Å². The van der Waals surface area contributed by atoms with Gasteiger partial charge in [0.2, 0.25) is 47.3 Å². The molecule has 1 aromatic rings. The topological polar surface area (TPSA) is 296 Å². The van der Waals surface area contributed by atoms with Crippen molar-refractivity contribution in [3.8, 4) is 0 Å². The normalized spacial score (nSPS) is 15.8. The summed E-state index contributed by atoms with van der Waals surface area (Å²) in [7, 11) is 0. The maximum absolute atomic E-state index is 14.5. The highest BCUT2D eigenvalue weighted by atomic mass is 32.1. The van der Waals surface area contributed by atoms with Crippen molar-refractivity contribution < 1.29 is 48.3 Å². The lowest BCUT2D eigenvalue weighted by Crippen LogP contribution is -2.62. The number of hydrogen-bond donors (Lipinski definition) is 11. The molecule has 0 fully saturated rings. The van der Waals surface area contributed by atoms with Crippen LogP contribution in [0.25, 0.3) is 0 Å². The molecule has 1 aromatic carbocycles. The first-order valence-corrected chi connectivity index (χ1v) is 26.7. The Morgan fingerprint density at radius 1 is 0.452 bits per heavy atom. The van der Waals surface area contributed by atoms with Crippen LogP contribution in [0.5, 0.6) is 0 Å². The number of nitrogens with two attached hydrogens (primary N) is 1. The summed E-state index contributed by atoms with van der Waals surface area (Å²) in [5.41, 5.74) is 6.79. The smallest absolute Gasteiger partial charge is 0.326 e. The number of carbonyl (C=O) groups excluding carboxylic acids is 8. The summed E-state index contributed by atoms with van der Waals surface area (Å²) >= 11 is 4.34. The number of hydrogen-bond acceptors (Lipinski definition) is 11. The van der Waals surface area contributed by atoms with E-state index in [9.17, 15) is 48.3 Å². The number of rotatable bonds is 33. The molecule has 19 nitrogen and oxygen atoms in total. The molecule has 0 radical (unpaired) electrons. The zero-order valence-electron chi connectivity index (χ0n) is 45.9. The van der Waals surface area contributed by atoms with E-state index in [0.717, 1.165) is 0 Å². The minimum atomic E-state index is -1.26. The number of carboxylic acids is 1. The monoisotopic (exact) mass is 1050 g/mol. The Hall–Kier alpha value is -5.24. The molecule has 1 rings (SSSR count). The zero-order chi connectivity index (χ0) is 55.9. The number of carboxylic acid groups (broad SMARTS) is 1. The minimum Gasteiger partial charge on any atom is -0.480 e. The van der Waals surface area contributed by atoms with Crippen molar-refractivity contribution in [3.63, 3.8) is 0 Å². The SMILES string of the molecule is CC[C@H](C)[C@H](NC(=O)[C@H](CC(C)C)NC(=O)[C@H](CS)NC(=O)[C@H](CC(C)C)NC(=O)[C@@H](N)CC(C)C)C(=O)N[C@@H](Cc1ccccc1)C(=O)N[C@@H](CC(C)C)C(=O)N[C@@H](CC(C)C)C(=O)N[C@H](C(=O)O)C(C)C. The average Bonchev–Trinajstić information content (AvgIpc) is 3.29. The Balaban J connectivity index is 3.52. The van der Waals surface area contributed by atoms with E-state index in [4.69, 9.17) is 5.73 Å². The number of aliphatic carboxylic acids is 1. The van der Waals surface area contributed by atoms with Gasteiger partial charge in [0.15, 0.2) is 0 Å². The third kappa shape index (κ3) is 24.6. The molecule has 414 valence electrons. The fraction of sp³-hybridized carbons (Fsp3) is 0.717. The van der Waals surface area contributed by atoms with Gasteiger partial charge in [0.1, 0.15) is 48.3 Å². The zero-order valence-corrected chi connectivity index (χ0v) is 46.8. The Bertz CT molecular complexity index is 1950. The van der Waals surface area contributed by atoms with Crippen LogP contribution in [0.2, 0.25) is 0 Å². The lowest BCUT2D eigenvalue weighted by molar-refractivity contribution is -0.143. The molecule has 0 saturated heterocycles. The van der Waals surface area contributed by atoms with Gasteiger partial charge < -0.3 is 53.4 Å². The van der Waals surface area contributed by atoms with Gasteiger partial charge in [-0.25, -0.2) is 4.79 Å². The van der Waals surface area contributed by atoms with Crippen molar-refractivity contribution >= 4 is 65.9 Å². The highest BCUT2D eigenvalue weighted by molar-refractivity contribution is 7.80. The van der Waals surface area contributed by atoms with Gasteiger partial charge in [-0.3, -0.25) is 38.4 Å². The lowest BCUT2D eigenvalue weighted by Gasteiger charge is -2.30. The van der Waals surface area contributed by atoms with E-state index in [2.05, 4.69) is 55.2 Å². The van der Waals surface area contributed by atoms with Crippen molar-refractivity contribution in [2.45, 2.75) is 196 Å². The molecule has 11 N–H and O–H groups in total. The van der Waals surface area contributed by atoms with Gasteiger partial charge in [-0.05, 0) is 79.1 Å². The van der Waals surface area contributed by atoms with Crippen LogP contribution >= 0.6 is 12.6 Å². The molecule has 0 aromatic heterocycles. The van der Waals surface area contributed by atoms with Crippen molar-refractivity contribution in [3.05, 3.63) is 35.9 Å². The first-order valence-electron chi connectivity index (χ1n) is 26.1. The van der Waals surface area contributed by atoms with Crippen LogP contribution in [-0.4, -0.2) is 118 Å². The van der Waals surface area contributed by atoms with Gasteiger partial charge in [-0.1, -0.05) is 134 Å². The van der Waals surface area contributed by atoms with Gasteiger partial charge in [-0.15, -0.1) is 0 Å². The van der Waals surface area contributed by atoms with E-state index in [1.165, 1.54) is 0 Å². The largest absolute Gasteiger partial charge is 0.480 e. The summed E-state index contributed by atoms with van der Waals surface area (Å²) in [6.45, 7) is 25.7. The van der Waals surface area contributed by atoms with E-state index in [1.807, 2.05) is 76.2 Å². The third-order valence-electron chi connectivity index (χ3n) is 12.2. The van der Waals surface area contributed by atoms with Gasteiger partial charge in [0.25, 0.3) is 0 Å². The average molecular weight is 1050 g/mol. The van der Waals surface area contributed by atoms with Crippen LogP contribution in [-0.2, 0) is 49.6 Å². The van der Waals surface area contributed by atoms with Crippen LogP contribution < -0.4 is 48.3 Å².